The summed E-state index contributed by atoms with van der Waals surface area (Å²) in [7, 11) is 1.61. The maximum absolute atomic E-state index is 11.6. The Kier molecular flexibility index (Phi) is 4.36. The number of benzene rings is 1. The van der Waals surface area contributed by atoms with Crippen LogP contribution in [0.3, 0.4) is 0 Å². The van der Waals surface area contributed by atoms with Crippen molar-refractivity contribution < 1.29 is 14.6 Å². The van der Waals surface area contributed by atoms with Gasteiger partial charge in [-0.05, 0) is 40.5 Å². The highest BCUT2D eigenvalue weighted by Gasteiger charge is 2.33. The van der Waals surface area contributed by atoms with Gasteiger partial charge in [0.1, 0.15) is 23.4 Å². The Morgan fingerprint density at radius 1 is 1.48 bits per heavy atom. The number of aromatic nitrogens is 3. The zero-order chi connectivity index (χ0) is 16.6. The number of halogens is 1. The highest BCUT2D eigenvalue weighted by Crippen LogP contribution is 2.27. The summed E-state index contributed by atoms with van der Waals surface area (Å²) in [6.45, 7) is 3.18. The van der Waals surface area contributed by atoms with E-state index in [2.05, 4.69) is 26.1 Å². The van der Waals surface area contributed by atoms with Crippen LogP contribution in [0.1, 0.15) is 17.2 Å². The second-order valence-corrected chi connectivity index (χ2v) is 6.36. The van der Waals surface area contributed by atoms with E-state index in [9.17, 15) is 9.90 Å². The summed E-state index contributed by atoms with van der Waals surface area (Å²) in [5, 5.41) is 17.7. The van der Waals surface area contributed by atoms with Crippen molar-refractivity contribution in [3.8, 4) is 5.75 Å². The molecule has 0 fully saturated rings. The number of carboxylic acids is 1. The van der Waals surface area contributed by atoms with Crippen LogP contribution in [-0.2, 0) is 24.4 Å². The van der Waals surface area contributed by atoms with Gasteiger partial charge < -0.3 is 14.4 Å². The van der Waals surface area contributed by atoms with Crippen molar-refractivity contribution in [1.82, 2.24) is 19.7 Å². The van der Waals surface area contributed by atoms with Crippen molar-refractivity contribution in [3.05, 3.63) is 39.9 Å². The number of carboxylic acid groups (broad SMARTS) is 1. The van der Waals surface area contributed by atoms with Crippen LogP contribution in [0.2, 0.25) is 0 Å². The second kappa shape index (κ2) is 6.29. The lowest BCUT2D eigenvalue weighted by Crippen LogP contribution is -2.47. The predicted octanol–water partition coefficient (Wildman–Crippen LogP) is 1.83. The van der Waals surface area contributed by atoms with E-state index in [4.69, 9.17) is 4.74 Å². The number of aryl methyl sites for hydroxylation is 1. The first-order chi connectivity index (χ1) is 11.0. The van der Waals surface area contributed by atoms with Crippen molar-refractivity contribution in [2.75, 3.05) is 7.11 Å². The molecule has 1 aromatic carbocycles. The number of carbonyl (C=O) groups is 1. The molecule has 23 heavy (non-hydrogen) atoms. The molecular formula is C15H17BrN4O3. The van der Waals surface area contributed by atoms with Gasteiger partial charge in [-0.1, -0.05) is 6.07 Å². The van der Waals surface area contributed by atoms with Gasteiger partial charge in [-0.15, -0.1) is 10.2 Å². The number of aliphatic carboxylic acids is 1. The lowest BCUT2D eigenvalue weighted by atomic mass is 10.1. The summed E-state index contributed by atoms with van der Waals surface area (Å²) in [5.74, 6) is 1.46. The third-order valence-electron chi connectivity index (χ3n) is 4.04. The minimum atomic E-state index is -0.837. The Balaban J connectivity index is 1.85. The molecule has 2 heterocycles. The summed E-state index contributed by atoms with van der Waals surface area (Å²) in [6, 6.07) is 5.15. The van der Waals surface area contributed by atoms with Crippen LogP contribution in [0.25, 0.3) is 0 Å². The van der Waals surface area contributed by atoms with Crippen LogP contribution in [0.4, 0.5) is 0 Å². The van der Waals surface area contributed by atoms with Crippen molar-refractivity contribution in [1.29, 1.82) is 0 Å². The molecule has 1 N–H and O–H groups in total. The Labute approximate surface area is 142 Å². The Hall–Kier alpha value is -1.93. The molecule has 0 amide bonds. The maximum Gasteiger partial charge on any atom is 0.322 e. The molecule has 1 aromatic heterocycles. The molecule has 0 aliphatic carbocycles. The molecule has 0 bridgehead atoms. The molecule has 0 radical (unpaired) electrons. The van der Waals surface area contributed by atoms with E-state index >= 15 is 0 Å². The summed E-state index contributed by atoms with van der Waals surface area (Å²) in [6.07, 6.45) is 0. The first-order valence-electron chi connectivity index (χ1n) is 7.17. The average Bonchev–Trinajstić information content (AvgIpc) is 2.87. The lowest BCUT2D eigenvalue weighted by molar-refractivity contribution is -0.145. The molecule has 0 spiro atoms. The van der Waals surface area contributed by atoms with Crippen LogP contribution in [0.5, 0.6) is 5.75 Å². The van der Waals surface area contributed by atoms with Crippen LogP contribution >= 0.6 is 15.9 Å². The van der Waals surface area contributed by atoms with Crippen LogP contribution in [-0.4, -0.2) is 43.9 Å². The van der Waals surface area contributed by atoms with E-state index in [0.717, 1.165) is 27.4 Å². The normalized spacial score (nSPS) is 17.8. The molecule has 1 unspecified atom stereocenters. The minimum Gasteiger partial charge on any atom is -0.496 e. The predicted molar refractivity (Wildman–Crippen MR) is 86.1 cm³/mol. The quantitative estimate of drug-likeness (QED) is 0.871. The fourth-order valence-corrected chi connectivity index (χ4v) is 3.39. The summed E-state index contributed by atoms with van der Waals surface area (Å²) in [5.41, 5.74) is 1.01. The molecular weight excluding hydrogens is 364 g/mol. The average molecular weight is 381 g/mol. The van der Waals surface area contributed by atoms with Gasteiger partial charge in [0.05, 0.1) is 24.7 Å². The molecule has 1 aliphatic rings. The second-order valence-electron chi connectivity index (χ2n) is 5.50. The molecule has 0 saturated heterocycles. The van der Waals surface area contributed by atoms with Crippen LogP contribution < -0.4 is 4.74 Å². The van der Waals surface area contributed by atoms with Gasteiger partial charge in [-0.3, -0.25) is 9.69 Å². The molecule has 1 atom stereocenters. The van der Waals surface area contributed by atoms with E-state index in [0.29, 0.717) is 19.6 Å². The first-order valence-corrected chi connectivity index (χ1v) is 7.97. The van der Waals surface area contributed by atoms with Crippen molar-refractivity contribution in [2.24, 2.45) is 0 Å². The summed E-state index contributed by atoms with van der Waals surface area (Å²) < 4.78 is 7.94. The van der Waals surface area contributed by atoms with E-state index < -0.39 is 12.0 Å². The van der Waals surface area contributed by atoms with E-state index in [-0.39, 0.29) is 0 Å². The molecule has 0 saturated carbocycles. The topological polar surface area (TPSA) is 80.5 Å². The number of nitrogens with zero attached hydrogens (tertiary/aromatic N) is 4. The van der Waals surface area contributed by atoms with E-state index in [1.165, 1.54) is 0 Å². The Morgan fingerprint density at radius 2 is 2.26 bits per heavy atom. The summed E-state index contributed by atoms with van der Waals surface area (Å²) in [4.78, 5) is 13.5. The number of hydrogen-bond donors (Lipinski definition) is 1. The van der Waals surface area contributed by atoms with Gasteiger partial charge >= 0.3 is 5.97 Å². The third kappa shape index (κ3) is 3.09. The van der Waals surface area contributed by atoms with Gasteiger partial charge in [0.2, 0.25) is 0 Å². The van der Waals surface area contributed by atoms with Gasteiger partial charge in [-0.2, -0.15) is 0 Å². The molecule has 3 rings (SSSR count). The van der Waals surface area contributed by atoms with Crippen molar-refractivity contribution >= 4 is 21.9 Å². The number of fused-ring (bicyclic) bond motifs is 1. The number of methoxy groups -OCH3 is 1. The van der Waals surface area contributed by atoms with Crippen LogP contribution in [0, 0.1) is 6.92 Å². The SMILES string of the molecule is COc1ccc(CN2Cc3nnc(C)n3CC2C(=O)O)cc1Br. The monoisotopic (exact) mass is 380 g/mol. The van der Waals surface area contributed by atoms with Crippen molar-refractivity contribution in [3.63, 3.8) is 0 Å². The van der Waals surface area contributed by atoms with E-state index in [1.54, 1.807) is 7.11 Å². The maximum atomic E-state index is 11.6. The molecule has 2 aromatic rings. The zero-order valence-corrected chi connectivity index (χ0v) is 14.4. The van der Waals surface area contributed by atoms with Crippen molar-refractivity contribution in [2.45, 2.75) is 32.6 Å². The van der Waals surface area contributed by atoms with Crippen LogP contribution in [0.15, 0.2) is 22.7 Å². The zero-order valence-electron chi connectivity index (χ0n) is 12.9. The van der Waals surface area contributed by atoms with Gasteiger partial charge in [0.25, 0.3) is 0 Å². The third-order valence-corrected chi connectivity index (χ3v) is 4.66. The molecule has 7 nitrogen and oxygen atoms in total. The minimum absolute atomic E-state index is 0.362. The standard InChI is InChI=1S/C15H17BrN4O3/c1-9-17-18-14-8-19(12(15(21)22)7-20(9)14)6-10-3-4-13(23-2)11(16)5-10/h3-5,12H,6-8H2,1-2H3,(H,21,22). The highest BCUT2D eigenvalue weighted by molar-refractivity contribution is 9.10. The Bertz CT molecular complexity index is 746. The molecule has 1 aliphatic heterocycles. The van der Waals surface area contributed by atoms with Gasteiger partial charge in [0, 0.05) is 6.54 Å². The largest absolute Gasteiger partial charge is 0.496 e. The fraction of sp³-hybridized carbons (Fsp3) is 0.400. The first kappa shape index (κ1) is 15.9. The van der Waals surface area contributed by atoms with E-state index in [1.807, 2.05) is 34.6 Å². The fourth-order valence-electron chi connectivity index (χ4n) is 2.80. The lowest BCUT2D eigenvalue weighted by Gasteiger charge is -2.33. The summed E-state index contributed by atoms with van der Waals surface area (Å²) >= 11 is 3.46. The number of hydrogen-bond acceptors (Lipinski definition) is 5. The van der Waals surface area contributed by atoms with Gasteiger partial charge in [0.15, 0.2) is 0 Å². The molecule has 8 heteroatoms. The van der Waals surface area contributed by atoms with Gasteiger partial charge in [-0.25, -0.2) is 0 Å². The smallest absolute Gasteiger partial charge is 0.322 e. The molecule has 122 valence electrons. The number of ether oxygens (including phenoxy) is 1. The Morgan fingerprint density at radius 3 is 2.91 bits per heavy atom. The number of rotatable bonds is 4. The highest BCUT2D eigenvalue weighted by atomic mass is 79.9.